The molecule has 2 heteroatoms. The highest BCUT2D eigenvalue weighted by molar-refractivity contribution is 5.58. The van der Waals surface area contributed by atoms with Crippen molar-refractivity contribution in [1.82, 2.24) is 5.32 Å². The van der Waals surface area contributed by atoms with Crippen molar-refractivity contribution in [2.75, 3.05) is 18.5 Å². The summed E-state index contributed by atoms with van der Waals surface area (Å²) in [6, 6.07) is 17.8. The van der Waals surface area contributed by atoms with Crippen molar-refractivity contribution < 1.29 is 0 Å². The van der Waals surface area contributed by atoms with Crippen molar-refractivity contribution >= 4 is 5.69 Å². The second kappa shape index (κ2) is 5.68. The van der Waals surface area contributed by atoms with Crippen LogP contribution < -0.4 is 10.2 Å². The standard InChI is InChI=1S/C18H22N2/c1-14(16-6-4-3-5-7-16)19-13-15-8-9-18-17(12-15)10-11-20(18)2/h3-9,12,14,19H,10-11,13H2,1-2H3. The predicted octanol–water partition coefficient (Wildman–Crippen LogP) is 3.53. The highest BCUT2D eigenvalue weighted by atomic mass is 15.1. The molecule has 0 spiro atoms. The van der Waals surface area contributed by atoms with Gasteiger partial charge < -0.3 is 10.2 Å². The van der Waals surface area contributed by atoms with Crippen LogP contribution in [0.15, 0.2) is 48.5 Å². The average Bonchev–Trinajstić information content (AvgIpc) is 2.87. The summed E-state index contributed by atoms with van der Waals surface area (Å²) in [7, 11) is 2.17. The average molecular weight is 266 g/mol. The first-order chi connectivity index (χ1) is 9.74. The van der Waals surface area contributed by atoms with E-state index in [0.717, 1.165) is 13.1 Å². The molecule has 0 bridgehead atoms. The minimum atomic E-state index is 0.382. The van der Waals surface area contributed by atoms with Crippen LogP contribution in [-0.2, 0) is 13.0 Å². The van der Waals surface area contributed by atoms with Gasteiger partial charge in [-0.25, -0.2) is 0 Å². The van der Waals surface area contributed by atoms with Gasteiger partial charge >= 0.3 is 0 Å². The second-order valence-corrected chi connectivity index (χ2v) is 5.65. The number of hydrogen-bond donors (Lipinski definition) is 1. The molecule has 0 amide bonds. The van der Waals surface area contributed by atoms with Crippen molar-refractivity contribution in [3.05, 3.63) is 65.2 Å². The van der Waals surface area contributed by atoms with E-state index in [2.05, 4.69) is 72.7 Å². The van der Waals surface area contributed by atoms with Gasteiger partial charge in [0.2, 0.25) is 0 Å². The molecule has 1 N–H and O–H groups in total. The number of nitrogens with zero attached hydrogens (tertiary/aromatic N) is 1. The first-order valence-corrected chi connectivity index (χ1v) is 7.35. The topological polar surface area (TPSA) is 15.3 Å². The highest BCUT2D eigenvalue weighted by Gasteiger charge is 2.15. The van der Waals surface area contributed by atoms with Crippen LogP contribution in [0.25, 0.3) is 0 Å². The Hall–Kier alpha value is -1.80. The Labute approximate surface area is 121 Å². The van der Waals surface area contributed by atoms with E-state index in [0.29, 0.717) is 6.04 Å². The molecule has 0 aromatic heterocycles. The third-order valence-corrected chi connectivity index (χ3v) is 4.18. The molecule has 1 heterocycles. The normalized spacial score (nSPS) is 15.2. The van der Waals surface area contributed by atoms with Gasteiger partial charge in [-0.05, 0) is 36.1 Å². The van der Waals surface area contributed by atoms with Crippen molar-refractivity contribution in [3.8, 4) is 0 Å². The fraction of sp³-hybridized carbons (Fsp3) is 0.333. The molecule has 104 valence electrons. The van der Waals surface area contributed by atoms with Crippen LogP contribution in [0.1, 0.15) is 29.7 Å². The van der Waals surface area contributed by atoms with Crippen LogP contribution in [0.2, 0.25) is 0 Å². The van der Waals surface area contributed by atoms with E-state index >= 15 is 0 Å². The summed E-state index contributed by atoms with van der Waals surface area (Å²) >= 11 is 0. The Morgan fingerprint density at radius 1 is 1.15 bits per heavy atom. The summed E-state index contributed by atoms with van der Waals surface area (Å²) < 4.78 is 0. The quantitative estimate of drug-likeness (QED) is 0.910. The maximum Gasteiger partial charge on any atom is 0.0397 e. The van der Waals surface area contributed by atoms with E-state index < -0.39 is 0 Å². The molecular weight excluding hydrogens is 244 g/mol. The molecule has 1 unspecified atom stereocenters. The third kappa shape index (κ3) is 2.70. The summed E-state index contributed by atoms with van der Waals surface area (Å²) in [6.45, 7) is 4.29. The van der Waals surface area contributed by atoms with Gasteiger partial charge in [0.15, 0.2) is 0 Å². The minimum Gasteiger partial charge on any atom is -0.374 e. The summed E-state index contributed by atoms with van der Waals surface area (Å²) in [5, 5.41) is 3.60. The van der Waals surface area contributed by atoms with Gasteiger partial charge in [0.05, 0.1) is 0 Å². The van der Waals surface area contributed by atoms with Gasteiger partial charge in [0.1, 0.15) is 0 Å². The first-order valence-electron chi connectivity index (χ1n) is 7.35. The largest absolute Gasteiger partial charge is 0.374 e. The van der Waals surface area contributed by atoms with Crippen LogP contribution in [0.4, 0.5) is 5.69 Å². The van der Waals surface area contributed by atoms with Crippen LogP contribution in [0.3, 0.4) is 0 Å². The smallest absolute Gasteiger partial charge is 0.0397 e. The number of nitrogens with one attached hydrogen (secondary N) is 1. The van der Waals surface area contributed by atoms with E-state index in [4.69, 9.17) is 0 Å². The lowest BCUT2D eigenvalue weighted by molar-refractivity contribution is 0.574. The van der Waals surface area contributed by atoms with Crippen molar-refractivity contribution in [1.29, 1.82) is 0 Å². The fourth-order valence-electron chi connectivity index (χ4n) is 2.86. The van der Waals surface area contributed by atoms with Gasteiger partial charge in [0, 0.05) is 31.9 Å². The molecule has 0 saturated carbocycles. The van der Waals surface area contributed by atoms with Crippen LogP contribution in [-0.4, -0.2) is 13.6 Å². The van der Waals surface area contributed by atoms with Crippen LogP contribution in [0.5, 0.6) is 0 Å². The Morgan fingerprint density at radius 3 is 2.75 bits per heavy atom. The molecule has 1 atom stereocenters. The number of rotatable bonds is 4. The molecule has 1 aliphatic rings. The molecule has 0 aliphatic carbocycles. The molecule has 3 rings (SSSR count). The zero-order valence-electron chi connectivity index (χ0n) is 12.3. The summed E-state index contributed by atoms with van der Waals surface area (Å²) in [5.41, 5.74) is 5.60. The lowest BCUT2D eigenvalue weighted by atomic mass is 10.1. The third-order valence-electron chi connectivity index (χ3n) is 4.18. The summed E-state index contributed by atoms with van der Waals surface area (Å²) in [5.74, 6) is 0. The van der Waals surface area contributed by atoms with Crippen molar-refractivity contribution in [3.63, 3.8) is 0 Å². The van der Waals surface area contributed by atoms with E-state index in [1.54, 1.807) is 0 Å². The molecule has 1 aliphatic heterocycles. The molecular formula is C18H22N2. The molecule has 0 fully saturated rings. The molecule has 2 aromatic rings. The Kier molecular flexibility index (Phi) is 3.75. The van der Waals surface area contributed by atoms with Gasteiger partial charge in [-0.2, -0.15) is 0 Å². The van der Waals surface area contributed by atoms with Crippen molar-refractivity contribution in [2.24, 2.45) is 0 Å². The number of anilines is 1. The summed E-state index contributed by atoms with van der Waals surface area (Å²) in [4.78, 5) is 2.33. The number of hydrogen-bond acceptors (Lipinski definition) is 2. The van der Waals surface area contributed by atoms with E-state index in [1.807, 2.05) is 0 Å². The van der Waals surface area contributed by atoms with Crippen LogP contribution in [0, 0.1) is 0 Å². The molecule has 0 radical (unpaired) electrons. The van der Waals surface area contributed by atoms with Crippen LogP contribution >= 0.6 is 0 Å². The van der Waals surface area contributed by atoms with E-state index in [-0.39, 0.29) is 0 Å². The van der Waals surface area contributed by atoms with Gasteiger partial charge in [0.25, 0.3) is 0 Å². The SMILES string of the molecule is CC(NCc1ccc2c(c1)CCN2C)c1ccccc1. The van der Waals surface area contributed by atoms with Crippen molar-refractivity contribution in [2.45, 2.75) is 25.9 Å². The zero-order valence-corrected chi connectivity index (χ0v) is 12.3. The van der Waals surface area contributed by atoms with Gasteiger partial charge in [-0.1, -0.05) is 42.5 Å². The van der Waals surface area contributed by atoms with Gasteiger partial charge in [-0.15, -0.1) is 0 Å². The maximum atomic E-state index is 3.60. The Bertz CT molecular complexity index is 577. The number of likely N-dealkylation sites (N-methyl/N-ethyl adjacent to an activating group) is 1. The maximum absolute atomic E-state index is 3.60. The Balaban J connectivity index is 1.64. The van der Waals surface area contributed by atoms with E-state index in [1.165, 1.54) is 28.8 Å². The fourth-order valence-corrected chi connectivity index (χ4v) is 2.86. The molecule has 2 aromatic carbocycles. The zero-order chi connectivity index (χ0) is 13.9. The van der Waals surface area contributed by atoms with E-state index in [9.17, 15) is 0 Å². The monoisotopic (exact) mass is 266 g/mol. The van der Waals surface area contributed by atoms with Gasteiger partial charge in [-0.3, -0.25) is 0 Å². The molecule has 2 nitrogen and oxygen atoms in total. The molecule has 20 heavy (non-hydrogen) atoms. The molecule has 0 saturated heterocycles. The summed E-state index contributed by atoms with van der Waals surface area (Å²) in [6.07, 6.45) is 1.17. The lowest BCUT2D eigenvalue weighted by Crippen LogP contribution is -2.18. The number of fused-ring (bicyclic) bond motifs is 1. The second-order valence-electron chi connectivity index (χ2n) is 5.65. The predicted molar refractivity (Wildman–Crippen MR) is 85.1 cm³/mol. The highest BCUT2D eigenvalue weighted by Crippen LogP contribution is 2.27. The minimum absolute atomic E-state index is 0.382. The Morgan fingerprint density at radius 2 is 1.95 bits per heavy atom. The first kappa shape index (κ1) is 13.2. The number of benzene rings is 2. The lowest BCUT2D eigenvalue weighted by Gasteiger charge is -2.15.